The molecular formula is C22H22N2O2S. The van der Waals surface area contributed by atoms with Crippen molar-refractivity contribution in [1.29, 1.82) is 0 Å². The molecule has 4 rings (SSSR count). The Morgan fingerprint density at radius 1 is 1.11 bits per heavy atom. The van der Waals surface area contributed by atoms with Crippen LogP contribution in [0.5, 0.6) is 0 Å². The molecule has 0 bridgehead atoms. The molecule has 1 aromatic heterocycles. The largest absolute Gasteiger partial charge is 0.350 e. The smallest absolute Gasteiger partial charge is 0.247 e. The average molecular weight is 378 g/mol. The number of benzene rings is 2. The van der Waals surface area contributed by atoms with Gasteiger partial charge in [-0.15, -0.1) is 11.3 Å². The molecule has 0 spiro atoms. The zero-order valence-electron chi connectivity index (χ0n) is 15.1. The number of hydrogen-bond donors (Lipinski definition) is 1. The van der Waals surface area contributed by atoms with Gasteiger partial charge in [-0.25, -0.2) is 0 Å². The van der Waals surface area contributed by atoms with E-state index in [9.17, 15) is 9.59 Å². The monoisotopic (exact) mass is 378 g/mol. The van der Waals surface area contributed by atoms with Crippen LogP contribution in [0.4, 0.5) is 0 Å². The molecular weight excluding hydrogens is 356 g/mol. The number of fused-ring (bicyclic) bond motifs is 1. The summed E-state index contributed by atoms with van der Waals surface area (Å²) in [5.41, 5.74) is 1.92. The predicted octanol–water partition coefficient (Wildman–Crippen LogP) is 4.27. The van der Waals surface area contributed by atoms with Crippen molar-refractivity contribution in [2.45, 2.75) is 31.8 Å². The minimum Gasteiger partial charge on any atom is -0.350 e. The van der Waals surface area contributed by atoms with Crippen molar-refractivity contribution in [2.24, 2.45) is 0 Å². The first kappa shape index (κ1) is 17.7. The van der Waals surface area contributed by atoms with Crippen molar-refractivity contribution in [2.75, 3.05) is 6.54 Å². The summed E-state index contributed by atoms with van der Waals surface area (Å²) in [6.45, 7) is 1.09. The van der Waals surface area contributed by atoms with Gasteiger partial charge in [0.25, 0.3) is 0 Å². The molecule has 5 heteroatoms. The Kier molecular flexibility index (Phi) is 5.21. The van der Waals surface area contributed by atoms with Crippen molar-refractivity contribution in [3.63, 3.8) is 0 Å². The normalized spacial score (nSPS) is 15.7. The lowest BCUT2D eigenvalue weighted by molar-refractivity contribution is -0.142. The Hall–Kier alpha value is -2.66. The maximum atomic E-state index is 13.1. The number of nitrogens with one attached hydrogen (secondary N) is 1. The summed E-state index contributed by atoms with van der Waals surface area (Å²) < 4.78 is 1.24. The third-order valence-corrected chi connectivity index (χ3v) is 5.92. The van der Waals surface area contributed by atoms with Crippen molar-refractivity contribution in [3.05, 3.63) is 71.1 Å². The van der Waals surface area contributed by atoms with E-state index in [2.05, 4.69) is 28.9 Å². The van der Waals surface area contributed by atoms with Crippen LogP contribution < -0.4 is 5.32 Å². The van der Waals surface area contributed by atoms with E-state index in [-0.39, 0.29) is 11.8 Å². The summed E-state index contributed by atoms with van der Waals surface area (Å²) >= 11 is 1.71. The maximum absolute atomic E-state index is 13.1. The molecule has 2 amide bonds. The van der Waals surface area contributed by atoms with Crippen LogP contribution in [0.1, 0.15) is 36.4 Å². The van der Waals surface area contributed by atoms with E-state index in [4.69, 9.17) is 0 Å². The van der Waals surface area contributed by atoms with Crippen molar-refractivity contribution < 1.29 is 9.59 Å². The number of carbonyl (C=O) groups is 2. The Morgan fingerprint density at radius 2 is 1.96 bits per heavy atom. The number of hydrogen-bond acceptors (Lipinski definition) is 3. The zero-order chi connectivity index (χ0) is 18.6. The van der Waals surface area contributed by atoms with Gasteiger partial charge in [0.2, 0.25) is 11.8 Å². The highest BCUT2D eigenvalue weighted by atomic mass is 32.1. The van der Waals surface area contributed by atoms with Crippen LogP contribution in [0, 0.1) is 0 Å². The maximum Gasteiger partial charge on any atom is 0.247 e. The third-order valence-electron chi connectivity index (χ3n) is 5.02. The highest BCUT2D eigenvalue weighted by Gasteiger charge is 2.32. The third kappa shape index (κ3) is 3.88. The minimum absolute atomic E-state index is 0.0601. The highest BCUT2D eigenvalue weighted by molar-refractivity contribution is 7.17. The van der Waals surface area contributed by atoms with E-state index < -0.39 is 6.04 Å². The fraction of sp³-hybridized carbons (Fsp3) is 0.273. The summed E-state index contributed by atoms with van der Waals surface area (Å²) in [6, 6.07) is 17.3. The van der Waals surface area contributed by atoms with Gasteiger partial charge in [0.1, 0.15) is 6.04 Å². The molecule has 3 aromatic rings. The lowest BCUT2D eigenvalue weighted by Gasteiger charge is -2.34. The van der Waals surface area contributed by atoms with E-state index >= 15 is 0 Å². The Balaban J connectivity index is 1.53. The quantitative estimate of drug-likeness (QED) is 0.721. The molecule has 138 valence electrons. The lowest BCUT2D eigenvalue weighted by Crippen LogP contribution is -2.45. The van der Waals surface area contributed by atoms with Crippen LogP contribution in [0.15, 0.2) is 60.0 Å². The molecule has 4 nitrogen and oxygen atoms in total. The van der Waals surface area contributed by atoms with Crippen LogP contribution in [0.25, 0.3) is 10.1 Å². The standard InChI is InChI=1S/C22H22N2O2S/c25-20-8-4-5-12-24(20)21(17-6-2-1-3-7-17)22(26)23-15-16-9-10-19-18(14-16)11-13-27-19/h1-3,6-7,9-11,13-14,21H,4-5,8,12,15H2,(H,23,26). The first-order valence-electron chi connectivity index (χ1n) is 9.30. The van der Waals surface area contributed by atoms with Gasteiger partial charge in [-0.3, -0.25) is 9.59 Å². The van der Waals surface area contributed by atoms with Crippen LogP contribution in [-0.4, -0.2) is 23.3 Å². The summed E-state index contributed by atoms with van der Waals surface area (Å²) in [5.74, 6) is -0.0631. The molecule has 1 aliphatic heterocycles. The number of nitrogens with zero attached hydrogens (tertiary/aromatic N) is 1. The van der Waals surface area contributed by atoms with Crippen LogP contribution in [-0.2, 0) is 16.1 Å². The molecule has 2 heterocycles. The SMILES string of the molecule is O=C(NCc1ccc2sccc2c1)C(c1ccccc1)N1CCCCC1=O. The van der Waals surface area contributed by atoms with Gasteiger partial charge in [0, 0.05) is 24.2 Å². The fourth-order valence-electron chi connectivity index (χ4n) is 3.62. The first-order chi connectivity index (χ1) is 13.2. The molecule has 1 unspecified atom stereocenters. The second-order valence-electron chi connectivity index (χ2n) is 6.87. The number of thiophene rings is 1. The Labute approximate surface area is 162 Å². The minimum atomic E-state index is -0.566. The molecule has 0 aliphatic carbocycles. The van der Waals surface area contributed by atoms with Crippen molar-refractivity contribution in [3.8, 4) is 0 Å². The van der Waals surface area contributed by atoms with E-state index in [1.54, 1.807) is 16.2 Å². The molecule has 0 radical (unpaired) electrons. The summed E-state index contributed by atoms with van der Waals surface area (Å²) in [5, 5.41) is 6.30. The molecule has 1 saturated heterocycles. The van der Waals surface area contributed by atoms with Crippen molar-refractivity contribution >= 4 is 33.2 Å². The average Bonchev–Trinajstić information content (AvgIpc) is 3.17. The molecule has 27 heavy (non-hydrogen) atoms. The number of rotatable bonds is 5. The summed E-state index contributed by atoms with van der Waals surface area (Å²) in [6.07, 6.45) is 2.36. The van der Waals surface area contributed by atoms with Crippen molar-refractivity contribution in [1.82, 2.24) is 10.2 Å². The van der Waals surface area contributed by atoms with E-state index in [1.807, 2.05) is 36.4 Å². The first-order valence-corrected chi connectivity index (χ1v) is 10.2. The molecule has 2 aromatic carbocycles. The van der Waals surface area contributed by atoms with Gasteiger partial charge in [0.15, 0.2) is 0 Å². The second kappa shape index (κ2) is 7.92. The molecule has 1 atom stereocenters. The van der Waals surface area contributed by atoms with Gasteiger partial charge >= 0.3 is 0 Å². The van der Waals surface area contributed by atoms with Crippen LogP contribution in [0.3, 0.4) is 0 Å². The highest BCUT2D eigenvalue weighted by Crippen LogP contribution is 2.26. The number of amides is 2. The van der Waals surface area contributed by atoms with Gasteiger partial charge < -0.3 is 10.2 Å². The van der Waals surface area contributed by atoms with Gasteiger partial charge in [0.05, 0.1) is 0 Å². The summed E-state index contributed by atoms with van der Waals surface area (Å²) in [4.78, 5) is 27.3. The number of piperidine rings is 1. The number of likely N-dealkylation sites (tertiary alicyclic amines) is 1. The van der Waals surface area contributed by atoms with E-state index in [0.717, 1.165) is 24.0 Å². The topological polar surface area (TPSA) is 49.4 Å². The van der Waals surface area contributed by atoms with Crippen LogP contribution >= 0.6 is 11.3 Å². The van der Waals surface area contributed by atoms with Crippen LogP contribution in [0.2, 0.25) is 0 Å². The fourth-order valence-corrected chi connectivity index (χ4v) is 4.39. The lowest BCUT2D eigenvalue weighted by atomic mass is 10.0. The van der Waals surface area contributed by atoms with Gasteiger partial charge in [-0.1, -0.05) is 36.4 Å². The zero-order valence-corrected chi connectivity index (χ0v) is 15.9. The second-order valence-corrected chi connectivity index (χ2v) is 7.82. The Morgan fingerprint density at radius 3 is 2.78 bits per heavy atom. The van der Waals surface area contributed by atoms with E-state index in [0.29, 0.717) is 19.5 Å². The van der Waals surface area contributed by atoms with Gasteiger partial charge in [-0.05, 0) is 52.9 Å². The molecule has 1 aliphatic rings. The predicted molar refractivity (Wildman–Crippen MR) is 108 cm³/mol. The molecule has 1 N–H and O–H groups in total. The molecule has 0 saturated carbocycles. The molecule has 1 fully saturated rings. The van der Waals surface area contributed by atoms with E-state index in [1.165, 1.54) is 10.1 Å². The summed E-state index contributed by atoms with van der Waals surface area (Å²) in [7, 11) is 0. The Bertz CT molecular complexity index is 951. The number of carbonyl (C=O) groups excluding carboxylic acids is 2. The van der Waals surface area contributed by atoms with Gasteiger partial charge in [-0.2, -0.15) is 0 Å².